The van der Waals surface area contributed by atoms with Gasteiger partial charge in [0, 0.05) is 20.1 Å². The lowest BCUT2D eigenvalue weighted by molar-refractivity contribution is -0.155. The number of ether oxygens (including phenoxy) is 3. The van der Waals surface area contributed by atoms with Gasteiger partial charge in [-0.2, -0.15) is 0 Å². The van der Waals surface area contributed by atoms with Gasteiger partial charge in [-0.1, -0.05) is 30.3 Å². The maximum atomic E-state index is 11.9. The summed E-state index contributed by atoms with van der Waals surface area (Å²) in [5.74, 6) is -2.91. The van der Waals surface area contributed by atoms with Crippen LogP contribution in [-0.4, -0.2) is 44.5 Å². The normalized spacial score (nSPS) is 12.1. The van der Waals surface area contributed by atoms with Crippen molar-refractivity contribution in [2.24, 2.45) is 11.8 Å². The van der Waals surface area contributed by atoms with Crippen molar-refractivity contribution in [2.75, 3.05) is 27.4 Å². The van der Waals surface area contributed by atoms with Gasteiger partial charge in [0.15, 0.2) is 0 Å². The fourth-order valence-corrected chi connectivity index (χ4v) is 2.14. The van der Waals surface area contributed by atoms with Crippen molar-refractivity contribution in [3.05, 3.63) is 35.9 Å². The summed E-state index contributed by atoms with van der Waals surface area (Å²) in [4.78, 5) is 23.3. The largest absolute Gasteiger partial charge is 0.481 e. The van der Waals surface area contributed by atoms with Crippen molar-refractivity contribution in [1.29, 1.82) is 0 Å². The standard InChI is InChI=1S/C16H22O6/c1-20-10-13(11-21-2)14(16(18)19)8-15(17)22-9-12-6-4-3-5-7-12/h3-7,13-14H,8-11H2,1-2H3,(H,18,19)/t14-/m0/s1. The number of methoxy groups -OCH3 is 2. The zero-order valence-electron chi connectivity index (χ0n) is 12.9. The van der Waals surface area contributed by atoms with E-state index in [1.54, 1.807) is 0 Å². The molecule has 1 aromatic carbocycles. The molecule has 1 rings (SSSR count). The summed E-state index contributed by atoms with van der Waals surface area (Å²) >= 11 is 0. The van der Waals surface area contributed by atoms with Gasteiger partial charge in [-0.15, -0.1) is 0 Å². The Hall–Kier alpha value is -1.92. The minimum Gasteiger partial charge on any atom is -0.481 e. The maximum absolute atomic E-state index is 11.9. The van der Waals surface area contributed by atoms with E-state index in [0.29, 0.717) is 0 Å². The van der Waals surface area contributed by atoms with E-state index in [-0.39, 0.29) is 26.2 Å². The minimum absolute atomic E-state index is 0.130. The van der Waals surface area contributed by atoms with E-state index in [9.17, 15) is 14.7 Å². The number of carbonyl (C=O) groups is 2. The van der Waals surface area contributed by atoms with Crippen molar-refractivity contribution in [3.63, 3.8) is 0 Å². The summed E-state index contributed by atoms with van der Waals surface area (Å²) in [7, 11) is 2.96. The Kier molecular flexibility index (Phi) is 8.17. The molecule has 0 radical (unpaired) electrons. The molecule has 122 valence electrons. The number of hydrogen-bond donors (Lipinski definition) is 1. The van der Waals surface area contributed by atoms with Crippen LogP contribution in [0, 0.1) is 11.8 Å². The predicted molar refractivity (Wildman–Crippen MR) is 79.2 cm³/mol. The van der Waals surface area contributed by atoms with Gasteiger partial charge in [-0.3, -0.25) is 9.59 Å². The maximum Gasteiger partial charge on any atom is 0.307 e. The Morgan fingerprint density at radius 2 is 1.68 bits per heavy atom. The Balaban J connectivity index is 2.57. The highest BCUT2D eigenvalue weighted by molar-refractivity contribution is 5.79. The number of aliphatic carboxylic acids is 1. The van der Waals surface area contributed by atoms with Crippen LogP contribution in [0.2, 0.25) is 0 Å². The molecule has 6 nitrogen and oxygen atoms in total. The van der Waals surface area contributed by atoms with E-state index in [4.69, 9.17) is 14.2 Å². The third-order valence-corrected chi connectivity index (χ3v) is 3.28. The van der Waals surface area contributed by atoms with Crippen molar-refractivity contribution < 1.29 is 28.9 Å². The van der Waals surface area contributed by atoms with Crippen molar-refractivity contribution in [1.82, 2.24) is 0 Å². The lowest BCUT2D eigenvalue weighted by Gasteiger charge is -2.22. The fraction of sp³-hybridized carbons (Fsp3) is 0.500. The lowest BCUT2D eigenvalue weighted by Crippen LogP contribution is -2.32. The first kappa shape index (κ1) is 18.1. The number of carboxylic acid groups (broad SMARTS) is 1. The van der Waals surface area contributed by atoms with Gasteiger partial charge < -0.3 is 19.3 Å². The van der Waals surface area contributed by atoms with Crippen LogP contribution in [0.15, 0.2) is 30.3 Å². The molecule has 0 fully saturated rings. The first-order chi connectivity index (χ1) is 10.6. The molecule has 0 unspecified atom stereocenters. The topological polar surface area (TPSA) is 82.1 Å². The summed E-state index contributed by atoms with van der Waals surface area (Å²) in [6.45, 7) is 0.540. The summed E-state index contributed by atoms with van der Waals surface area (Å²) < 4.78 is 15.1. The average Bonchev–Trinajstić information content (AvgIpc) is 2.51. The van der Waals surface area contributed by atoms with Crippen molar-refractivity contribution in [3.8, 4) is 0 Å². The van der Waals surface area contributed by atoms with E-state index in [1.165, 1.54) is 14.2 Å². The molecule has 1 atom stereocenters. The zero-order chi connectivity index (χ0) is 16.4. The van der Waals surface area contributed by atoms with Crippen molar-refractivity contribution in [2.45, 2.75) is 13.0 Å². The van der Waals surface area contributed by atoms with Gasteiger partial charge in [-0.25, -0.2) is 0 Å². The second-order valence-electron chi connectivity index (χ2n) is 4.97. The second-order valence-corrected chi connectivity index (χ2v) is 4.97. The Bertz CT molecular complexity index is 453. The second kappa shape index (κ2) is 9.92. The number of benzene rings is 1. The van der Waals surface area contributed by atoms with Crippen LogP contribution in [-0.2, 0) is 30.4 Å². The van der Waals surface area contributed by atoms with Gasteiger partial charge >= 0.3 is 11.9 Å². The van der Waals surface area contributed by atoms with Crippen LogP contribution < -0.4 is 0 Å². The molecule has 0 saturated carbocycles. The molecule has 0 aliphatic carbocycles. The SMILES string of the molecule is COCC(COC)[C@H](CC(=O)OCc1ccccc1)C(=O)O. The predicted octanol–water partition coefficient (Wildman–Crippen LogP) is 1.73. The molecule has 1 N–H and O–H groups in total. The van der Waals surface area contributed by atoms with Crippen LogP contribution in [0.5, 0.6) is 0 Å². The monoisotopic (exact) mass is 310 g/mol. The first-order valence-electron chi connectivity index (χ1n) is 6.98. The van der Waals surface area contributed by atoms with E-state index in [0.717, 1.165) is 5.56 Å². The summed E-state index contributed by atoms with van der Waals surface area (Å²) in [5.41, 5.74) is 0.855. The average molecular weight is 310 g/mol. The molecule has 0 bridgehead atoms. The molecule has 0 heterocycles. The molecule has 6 heteroatoms. The molecule has 0 amide bonds. The molecule has 22 heavy (non-hydrogen) atoms. The molecule has 0 saturated heterocycles. The molecule has 1 aromatic rings. The van der Waals surface area contributed by atoms with Gasteiger partial charge in [0.05, 0.1) is 25.6 Å². The van der Waals surface area contributed by atoms with Crippen LogP contribution in [0.1, 0.15) is 12.0 Å². The van der Waals surface area contributed by atoms with E-state index in [2.05, 4.69) is 0 Å². The van der Waals surface area contributed by atoms with E-state index in [1.807, 2.05) is 30.3 Å². The van der Waals surface area contributed by atoms with Crippen LogP contribution >= 0.6 is 0 Å². The van der Waals surface area contributed by atoms with Gasteiger partial charge in [-0.05, 0) is 5.56 Å². The van der Waals surface area contributed by atoms with Crippen LogP contribution in [0.4, 0.5) is 0 Å². The lowest BCUT2D eigenvalue weighted by atomic mass is 9.90. The molecule has 0 aromatic heterocycles. The van der Waals surface area contributed by atoms with Crippen LogP contribution in [0.25, 0.3) is 0 Å². The fourth-order valence-electron chi connectivity index (χ4n) is 2.14. The highest BCUT2D eigenvalue weighted by atomic mass is 16.5. The minimum atomic E-state index is -1.06. The van der Waals surface area contributed by atoms with E-state index < -0.39 is 23.8 Å². The number of rotatable bonds is 10. The van der Waals surface area contributed by atoms with Crippen LogP contribution in [0.3, 0.4) is 0 Å². The molecule has 0 spiro atoms. The quantitative estimate of drug-likeness (QED) is 0.663. The summed E-state index contributed by atoms with van der Waals surface area (Å²) in [6.07, 6.45) is -0.209. The van der Waals surface area contributed by atoms with Gasteiger partial charge in [0.25, 0.3) is 0 Å². The molecular weight excluding hydrogens is 288 g/mol. The summed E-state index contributed by atoms with van der Waals surface area (Å²) in [5, 5.41) is 9.31. The number of carbonyl (C=O) groups excluding carboxylic acids is 1. The Morgan fingerprint density at radius 3 is 2.18 bits per heavy atom. The zero-order valence-corrected chi connectivity index (χ0v) is 12.9. The third-order valence-electron chi connectivity index (χ3n) is 3.28. The van der Waals surface area contributed by atoms with Gasteiger partial charge in [0.2, 0.25) is 0 Å². The summed E-state index contributed by atoms with van der Waals surface area (Å²) in [6, 6.07) is 9.22. The molecule has 0 aliphatic rings. The molecule has 0 aliphatic heterocycles. The highest BCUT2D eigenvalue weighted by Crippen LogP contribution is 2.19. The first-order valence-corrected chi connectivity index (χ1v) is 6.98. The van der Waals surface area contributed by atoms with E-state index >= 15 is 0 Å². The highest BCUT2D eigenvalue weighted by Gasteiger charge is 2.31. The Morgan fingerprint density at radius 1 is 1.09 bits per heavy atom. The number of carboxylic acids is 1. The number of hydrogen-bond acceptors (Lipinski definition) is 5. The van der Waals surface area contributed by atoms with Gasteiger partial charge in [0.1, 0.15) is 6.61 Å². The number of esters is 1. The third kappa shape index (κ3) is 6.24. The Labute approximate surface area is 130 Å². The van der Waals surface area contributed by atoms with Crippen molar-refractivity contribution >= 4 is 11.9 Å². The molecular formula is C16H22O6. The smallest absolute Gasteiger partial charge is 0.307 e.